The first kappa shape index (κ1) is 16.5. The molecule has 0 saturated carbocycles. The minimum Gasteiger partial charge on any atom is -0.326 e. The Morgan fingerprint density at radius 1 is 1.24 bits per heavy atom. The molecule has 2 amide bonds. The average molecular weight is 347 g/mol. The molecule has 0 aliphatic carbocycles. The molecule has 1 atom stereocenters. The summed E-state index contributed by atoms with van der Waals surface area (Å²) in [5.74, 6) is -3.61. The van der Waals surface area contributed by atoms with Crippen LogP contribution in [-0.2, 0) is 9.59 Å². The summed E-state index contributed by atoms with van der Waals surface area (Å²) < 4.78 is 27.1. The topological polar surface area (TPSA) is 101 Å². The summed E-state index contributed by atoms with van der Waals surface area (Å²) in [6, 6.07) is 6.31. The summed E-state index contributed by atoms with van der Waals surface area (Å²) in [7, 11) is 0. The Morgan fingerprint density at radius 2 is 2.00 bits per heavy atom. The number of carbonyl (C=O) groups is 2. The first-order valence-electron chi connectivity index (χ1n) is 7.19. The Morgan fingerprint density at radius 3 is 2.72 bits per heavy atom. The summed E-state index contributed by atoms with van der Waals surface area (Å²) in [6.07, 6.45) is -0.207. The van der Waals surface area contributed by atoms with Crippen LogP contribution in [0, 0.1) is 21.7 Å². The molecule has 0 bridgehead atoms. The molecule has 3 rings (SSSR count). The number of fused-ring (bicyclic) bond motifs is 1. The smallest absolute Gasteiger partial charge is 0.271 e. The number of hydrogen-bond acceptors (Lipinski definition) is 4. The standard InChI is InChI=1S/C16H11F2N3O4/c17-8-1-3-10-11(7-15(22)19-13(10)5-8)16(23)20-14-6-9(21(24)25)2-4-12(14)18/h1-6,11H,7H2,(H,19,22)(H,20,23). The van der Waals surface area contributed by atoms with Gasteiger partial charge in [-0.1, -0.05) is 6.07 Å². The van der Waals surface area contributed by atoms with E-state index in [0.29, 0.717) is 5.56 Å². The van der Waals surface area contributed by atoms with Crippen molar-refractivity contribution < 1.29 is 23.3 Å². The van der Waals surface area contributed by atoms with Crippen molar-refractivity contribution in [3.8, 4) is 0 Å². The third-order valence-electron chi connectivity index (χ3n) is 3.79. The Hall–Kier alpha value is -3.36. The van der Waals surface area contributed by atoms with Crippen LogP contribution in [-0.4, -0.2) is 16.7 Å². The minimum absolute atomic E-state index is 0.163. The number of rotatable bonds is 3. The van der Waals surface area contributed by atoms with Crippen LogP contribution in [0.25, 0.3) is 0 Å². The average Bonchev–Trinajstić information content (AvgIpc) is 2.55. The maximum Gasteiger partial charge on any atom is 0.271 e. The van der Waals surface area contributed by atoms with E-state index in [1.54, 1.807) is 0 Å². The number of nitrogens with zero attached hydrogens (tertiary/aromatic N) is 1. The maximum atomic E-state index is 13.8. The first-order chi connectivity index (χ1) is 11.8. The highest BCUT2D eigenvalue weighted by atomic mass is 19.1. The SMILES string of the molecule is O=C1CC(C(=O)Nc2cc([N+](=O)[O-])ccc2F)c2ccc(F)cc2N1. The lowest BCUT2D eigenvalue weighted by Gasteiger charge is -2.24. The van der Waals surface area contributed by atoms with E-state index in [-0.39, 0.29) is 23.5 Å². The fraction of sp³-hybridized carbons (Fsp3) is 0.125. The van der Waals surface area contributed by atoms with Gasteiger partial charge >= 0.3 is 0 Å². The van der Waals surface area contributed by atoms with Gasteiger partial charge in [0.15, 0.2) is 0 Å². The molecule has 0 aromatic heterocycles. The second-order valence-electron chi connectivity index (χ2n) is 5.45. The molecule has 9 heteroatoms. The number of benzene rings is 2. The van der Waals surface area contributed by atoms with Crippen molar-refractivity contribution in [2.75, 3.05) is 10.6 Å². The molecule has 128 valence electrons. The second-order valence-corrected chi connectivity index (χ2v) is 5.45. The molecule has 0 saturated heterocycles. The highest BCUT2D eigenvalue weighted by Gasteiger charge is 2.31. The second kappa shape index (κ2) is 6.27. The van der Waals surface area contributed by atoms with Crippen LogP contribution in [0.3, 0.4) is 0 Å². The molecule has 2 aromatic carbocycles. The number of anilines is 2. The molecule has 7 nitrogen and oxygen atoms in total. The van der Waals surface area contributed by atoms with Crippen LogP contribution in [0.4, 0.5) is 25.8 Å². The fourth-order valence-corrected chi connectivity index (χ4v) is 2.61. The van der Waals surface area contributed by atoms with Gasteiger partial charge in [0.2, 0.25) is 11.8 Å². The quantitative estimate of drug-likeness (QED) is 0.658. The van der Waals surface area contributed by atoms with Gasteiger partial charge < -0.3 is 10.6 Å². The monoisotopic (exact) mass is 347 g/mol. The molecule has 25 heavy (non-hydrogen) atoms. The van der Waals surface area contributed by atoms with E-state index in [1.807, 2.05) is 0 Å². The van der Waals surface area contributed by atoms with Crippen molar-refractivity contribution in [2.24, 2.45) is 0 Å². The Labute approximate surface area is 139 Å². The van der Waals surface area contributed by atoms with Crippen molar-refractivity contribution in [1.29, 1.82) is 0 Å². The van der Waals surface area contributed by atoms with Gasteiger partial charge in [0, 0.05) is 24.2 Å². The number of nitro benzene ring substituents is 1. The number of nitrogens with one attached hydrogen (secondary N) is 2. The summed E-state index contributed by atoms with van der Waals surface area (Å²) >= 11 is 0. The molecular weight excluding hydrogens is 336 g/mol. The maximum absolute atomic E-state index is 13.8. The predicted octanol–water partition coefficient (Wildman–Crippen LogP) is 2.94. The summed E-state index contributed by atoms with van der Waals surface area (Å²) in [6.45, 7) is 0. The number of non-ortho nitro benzene ring substituents is 1. The lowest BCUT2D eigenvalue weighted by molar-refractivity contribution is -0.384. The van der Waals surface area contributed by atoms with E-state index in [0.717, 1.165) is 30.3 Å². The number of hydrogen-bond donors (Lipinski definition) is 2. The van der Waals surface area contributed by atoms with Gasteiger partial charge in [-0.25, -0.2) is 8.78 Å². The molecule has 0 fully saturated rings. The van der Waals surface area contributed by atoms with Gasteiger partial charge in [0.1, 0.15) is 11.6 Å². The van der Waals surface area contributed by atoms with Gasteiger partial charge in [0.25, 0.3) is 5.69 Å². The highest BCUT2D eigenvalue weighted by Crippen LogP contribution is 2.34. The molecule has 1 aliphatic rings. The van der Waals surface area contributed by atoms with Crippen LogP contribution in [0.2, 0.25) is 0 Å². The number of carbonyl (C=O) groups excluding carboxylic acids is 2. The molecule has 0 radical (unpaired) electrons. The van der Waals surface area contributed by atoms with E-state index >= 15 is 0 Å². The molecular formula is C16H11F2N3O4. The largest absolute Gasteiger partial charge is 0.326 e. The number of halogens is 2. The zero-order chi connectivity index (χ0) is 18.1. The zero-order valence-electron chi connectivity index (χ0n) is 12.6. The zero-order valence-corrected chi connectivity index (χ0v) is 12.6. The molecule has 2 aromatic rings. The normalized spacial score (nSPS) is 15.9. The van der Waals surface area contributed by atoms with Crippen LogP contribution in [0.15, 0.2) is 36.4 Å². The van der Waals surface area contributed by atoms with E-state index in [9.17, 15) is 28.5 Å². The van der Waals surface area contributed by atoms with E-state index in [4.69, 9.17) is 0 Å². The van der Waals surface area contributed by atoms with Crippen molar-refractivity contribution >= 4 is 28.9 Å². The van der Waals surface area contributed by atoms with Crippen LogP contribution in [0.1, 0.15) is 17.9 Å². The van der Waals surface area contributed by atoms with Crippen molar-refractivity contribution in [2.45, 2.75) is 12.3 Å². The highest BCUT2D eigenvalue weighted by molar-refractivity contribution is 6.05. The molecule has 1 heterocycles. The van der Waals surface area contributed by atoms with Crippen molar-refractivity contribution in [1.82, 2.24) is 0 Å². The summed E-state index contributed by atoms with van der Waals surface area (Å²) in [4.78, 5) is 34.3. The number of nitro groups is 1. The summed E-state index contributed by atoms with van der Waals surface area (Å²) in [5.41, 5.74) is -0.213. The summed E-state index contributed by atoms with van der Waals surface area (Å²) in [5, 5.41) is 15.5. The lowest BCUT2D eigenvalue weighted by atomic mass is 9.89. The third-order valence-corrected chi connectivity index (χ3v) is 3.79. The Bertz CT molecular complexity index is 901. The first-order valence-corrected chi connectivity index (χ1v) is 7.19. The number of amides is 2. The predicted molar refractivity (Wildman–Crippen MR) is 84.1 cm³/mol. The van der Waals surface area contributed by atoms with Crippen LogP contribution < -0.4 is 10.6 Å². The molecule has 2 N–H and O–H groups in total. The van der Waals surface area contributed by atoms with Crippen molar-refractivity contribution in [3.63, 3.8) is 0 Å². The Balaban J connectivity index is 1.91. The van der Waals surface area contributed by atoms with Gasteiger partial charge in [-0.2, -0.15) is 0 Å². The van der Waals surface area contributed by atoms with Crippen LogP contribution in [0.5, 0.6) is 0 Å². The van der Waals surface area contributed by atoms with Gasteiger partial charge in [-0.15, -0.1) is 0 Å². The molecule has 1 aliphatic heterocycles. The fourth-order valence-electron chi connectivity index (χ4n) is 2.61. The van der Waals surface area contributed by atoms with Gasteiger partial charge in [-0.05, 0) is 23.8 Å². The Kier molecular flexibility index (Phi) is 4.14. The third kappa shape index (κ3) is 3.30. The molecule has 0 spiro atoms. The van der Waals surface area contributed by atoms with Crippen molar-refractivity contribution in [3.05, 3.63) is 63.7 Å². The van der Waals surface area contributed by atoms with E-state index < -0.39 is 34.3 Å². The van der Waals surface area contributed by atoms with E-state index in [1.165, 1.54) is 6.07 Å². The molecule has 1 unspecified atom stereocenters. The minimum atomic E-state index is -0.969. The van der Waals surface area contributed by atoms with E-state index in [2.05, 4.69) is 10.6 Å². The van der Waals surface area contributed by atoms with Crippen LogP contribution >= 0.6 is 0 Å². The van der Waals surface area contributed by atoms with Gasteiger partial charge in [0.05, 0.1) is 16.5 Å². The van der Waals surface area contributed by atoms with Gasteiger partial charge in [-0.3, -0.25) is 19.7 Å². The lowest BCUT2D eigenvalue weighted by Crippen LogP contribution is -2.31.